The van der Waals surface area contributed by atoms with E-state index in [1.54, 1.807) is 0 Å². The van der Waals surface area contributed by atoms with Crippen molar-refractivity contribution in [3.63, 3.8) is 0 Å². The molecule has 1 aromatic carbocycles. The highest BCUT2D eigenvalue weighted by Crippen LogP contribution is 2.30. The molecule has 164 valence electrons. The quantitative estimate of drug-likeness (QED) is 0.434. The number of hydrogen-bond acceptors (Lipinski definition) is 5. The Morgan fingerprint density at radius 3 is 2.73 bits per heavy atom. The average molecular weight is 451 g/mol. The Morgan fingerprint density at radius 2 is 2.03 bits per heavy atom. The van der Waals surface area contributed by atoms with Crippen LogP contribution in [0.3, 0.4) is 0 Å². The number of nitrogens with one attached hydrogen (secondary N) is 1. The van der Waals surface area contributed by atoms with Gasteiger partial charge in [-0.25, -0.2) is 0 Å². The molecular weight excluding hydrogens is 420 g/mol. The molecule has 1 atom stereocenters. The first-order valence-electron chi connectivity index (χ1n) is 10.8. The summed E-state index contributed by atoms with van der Waals surface area (Å²) in [5.74, 6) is 1.76. The summed E-state index contributed by atoms with van der Waals surface area (Å²) in [4.78, 5) is 12.4. The first-order chi connectivity index (χ1) is 14.5. The van der Waals surface area contributed by atoms with Crippen molar-refractivity contribution in [3.05, 3.63) is 34.6 Å². The van der Waals surface area contributed by atoms with Gasteiger partial charge in [0, 0.05) is 12.6 Å². The molecule has 2 aromatic rings. The fourth-order valence-electron chi connectivity index (χ4n) is 3.77. The van der Waals surface area contributed by atoms with Crippen LogP contribution in [0, 0.1) is 6.92 Å². The summed E-state index contributed by atoms with van der Waals surface area (Å²) in [6.07, 6.45) is 6.81. The molecule has 1 saturated carbocycles. The highest BCUT2D eigenvalue weighted by Gasteiger charge is 2.21. The van der Waals surface area contributed by atoms with Crippen molar-refractivity contribution in [2.75, 3.05) is 5.75 Å². The van der Waals surface area contributed by atoms with E-state index in [0.717, 1.165) is 29.4 Å². The van der Waals surface area contributed by atoms with Gasteiger partial charge in [-0.15, -0.1) is 10.2 Å². The number of hydrogen-bond donors (Lipinski definition) is 1. The zero-order chi connectivity index (χ0) is 21.5. The van der Waals surface area contributed by atoms with E-state index in [9.17, 15) is 4.79 Å². The van der Waals surface area contributed by atoms with Gasteiger partial charge in [-0.1, -0.05) is 55.1 Å². The fourth-order valence-corrected chi connectivity index (χ4v) is 4.75. The number of halogens is 1. The minimum Gasteiger partial charge on any atom is -0.481 e. The van der Waals surface area contributed by atoms with Gasteiger partial charge in [0.05, 0.1) is 10.8 Å². The molecule has 8 heteroatoms. The molecule has 1 aliphatic rings. The molecule has 0 saturated heterocycles. The second kappa shape index (κ2) is 11.0. The van der Waals surface area contributed by atoms with E-state index in [2.05, 4.69) is 15.5 Å². The number of aryl methyl sites for hydroxylation is 1. The van der Waals surface area contributed by atoms with Crippen molar-refractivity contribution in [2.24, 2.45) is 0 Å². The minimum absolute atomic E-state index is 0.0648. The van der Waals surface area contributed by atoms with Crippen molar-refractivity contribution < 1.29 is 9.53 Å². The third-order valence-corrected chi connectivity index (χ3v) is 6.65. The van der Waals surface area contributed by atoms with Crippen LogP contribution >= 0.6 is 23.4 Å². The van der Waals surface area contributed by atoms with Crippen LogP contribution in [0.2, 0.25) is 5.02 Å². The Balaban J connectivity index is 1.60. The van der Waals surface area contributed by atoms with E-state index in [1.807, 2.05) is 43.5 Å². The number of aromatic nitrogens is 3. The van der Waals surface area contributed by atoms with Gasteiger partial charge in [-0.2, -0.15) is 0 Å². The number of nitrogens with zero attached hydrogens (tertiary/aromatic N) is 3. The summed E-state index contributed by atoms with van der Waals surface area (Å²) in [5.41, 5.74) is 1.08. The summed E-state index contributed by atoms with van der Waals surface area (Å²) in [5, 5.41) is 13.1. The Morgan fingerprint density at radius 1 is 1.30 bits per heavy atom. The summed E-state index contributed by atoms with van der Waals surface area (Å²) in [7, 11) is 0. The number of ether oxygens (including phenoxy) is 1. The summed E-state index contributed by atoms with van der Waals surface area (Å²) in [6.45, 7) is 6.67. The van der Waals surface area contributed by atoms with Gasteiger partial charge in [0.2, 0.25) is 5.91 Å². The molecule has 1 aliphatic carbocycles. The molecule has 6 nitrogen and oxygen atoms in total. The van der Waals surface area contributed by atoms with E-state index in [0.29, 0.717) is 29.1 Å². The number of amides is 1. The third kappa shape index (κ3) is 6.14. The summed E-state index contributed by atoms with van der Waals surface area (Å²) >= 11 is 7.68. The first kappa shape index (κ1) is 22.9. The second-order valence-electron chi connectivity index (χ2n) is 7.82. The van der Waals surface area contributed by atoms with Crippen molar-refractivity contribution in [2.45, 2.75) is 83.1 Å². The molecular formula is C22H31ClN4O2S. The lowest BCUT2D eigenvalue weighted by atomic mass is 10.1. The maximum atomic E-state index is 12.4. The topological polar surface area (TPSA) is 69.0 Å². The van der Waals surface area contributed by atoms with Gasteiger partial charge in [0.15, 0.2) is 17.1 Å². The molecule has 0 bridgehead atoms. The predicted molar refractivity (Wildman–Crippen MR) is 121 cm³/mol. The van der Waals surface area contributed by atoms with Crippen LogP contribution in [0.1, 0.15) is 69.9 Å². The molecule has 1 amide bonds. The lowest BCUT2D eigenvalue weighted by molar-refractivity contribution is -0.119. The van der Waals surface area contributed by atoms with E-state index in [-0.39, 0.29) is 12.0 Å². The number of carbonyl (C=O) groups excluding carboxylic acids is 1. The fraction of sp³-hybridized carbons (Fsp3) is 0.591. The second-order valence-corrected chi connectivity index (χ2v) is 9.17. The molecule has 1 fully saturated rings. The Labute approximate surface area is 188 Å². The maximum Gasteiger partial charge on any atom is 0.230 e. The zero-order valence-electron chi connectivity index (χ0n) is 18.0. The van der Waals surface area contributed by atoms with E-state index < -0.39 is 0 Å². The Hall–Kier alpha value is -1.73. The number of thioether (sulfide) groups is 1. The molecule has 1 aromatic heterocycles. The maximum absolute atomic E-state index is 12.4. The number of benzene rings is 1. The van der Waals surface area contributed by atoms with Gasteiger partial charge in [-0.3, -0.25) is 4.79 Å². The standard InChI is InChI=1S/C22H31ClN4O2S/c1-4-27-21(16(3)29-19-13-15(2)11-12-18(19)23)25-26-22(27)30-14-20(28)24-17-9-7-5-6-8-10-17/h11-13,16-17H,4-10,14H2,1-3H3,(H,24,28). The van der Waals surface area contributed by atoms with Crippen molar-refractivity contribution in [3.8, 4) is 5.75 Å². The van der Waals surface area contributed by atoms with Crippen molar-refractivity contribution in [1.82, 2.24) is 20.1 Å². The van der Waals surface area contributed by atoms with Crippen LogP contribution in [-0.4, -0.2) is 32.5 Å². The molecule has 3 rings (SSSR count). The van der Waals surface area contributed by atoms with Gasteiger partial charge in [-0.05, 0) is 51.3 Å². The number of carbonyl (C=O) groups is 1. The summed E-state index contributed by atoms with van der Waals surface area (Å²) < 4.78 is 8.06. The first-order valence-corrected chi connectivity index (χ1v) is 12.1. The monoisotopic (exact) mass is 450 g/mol. The van der Waals surface area contributed by atoms with Crippen LogP contribution < -0.4 is 10.1 Å². The van der Waals surface area contributed by atoms with E-state index in [1.165, 1.54) is 37.4 Å². The number of rotatable bonds is 8. The highest BCUT2D eigenvalue weighted by atomic mass is 35.5. The highest BCUT2D eigenvalue weighted by molar-refractivity contribution is 7.99. The normalized spacial score (nSPS) is 16.1. The van der Waals surface area contributed by atoms with Crippen LogP contribution in [-0.2, 0) is 11.3 Å². The van der Waals surface area contributed by atoms with E-state index >= 15 is 0 Å². The van der Waals surface area contributed by atoms with Crippen LogP contribution in [0.25, 0.3) is 0 Å². The molecule has 0 spiro atoms. The average Bonchev–Trinajstić information content (AvgIpc) is 2.97. The zero-order valence-corrected chi connectivity index (χ0v) is 19.6. The molecule has 1 N–H and O–H groups in total. The smallest absolute Gasteiger partial charge is 0.230 e. The molecule has 0 radical (unpaired) electrons. The largest absolute Gasteiger partial charge is 0.481 e. The SMILES string of the molecule is CCn1c(SCC(=O)NC2CCCCCC2)nnc1C(C)Oc1cc(C)ccc1Cl. The summed E-state index contributed by atoms with van der Waals surface area (Å²) in [6, 6.07) is 6.01. The van der Waals surface area contributed by atoms with Crippen LogP contribution in [0.15, 0.2) is 23.4 Å². The lowest BCUT2D eigenvalue weighted by Crippen LogP contribution is -2.35. The minimum atomic E-state index is -0.314. The Bertz CT molecular complexity index is 850. The van der Waals surface area contributed by atoms with Gasteiger partial charge < -0.3 is 14.6 Å². The van der Waals surface area contributed by atoms with Gasteiger partial charge in [0.25, 0.3) is 0 Å². The molecule has 1 unspecified atom stereocenters. The Kier molecular flexibility index (Phi) is 8.45. The lowest BCUT2D eigenvalue weighted by Gasteiger charge is -2.17. The van der Waals surface area contributed by atoms with Crippen LogP contribution in [0.4, 0.5) is 0 Å². The molecule has 0 aliphatic heterocycles. The molecule has 1 heterocycles. The van der Waals surface area contributed by atoms with Crippen molar-refractivity contribution in [1.29, 1.82) is 0 Å². The van der Waals surface area contributed by atoms with Gasteiger partial charge in [0.1, 0.15) is 5.75 Å². The van der Waals surface area contributed by atoms with Gasteiger partial charge >= 0.3 is 0 Å². The molecule has 30 heavy (non-hydrogen) atoms. The van der Waals surface area contributed by atoms with E-state index in [4.69, 9.17) is 16.3 Å². The van der Waals surface area contributed by atoms with Crippen molar-refractivity contribution >= 4 is 29.3 Å². The predicted octanol–water partition coefficient (Wildman–Crippen LogP) is 5.33. The third-order valence-electron chi connectivity index (χ3n) is 5.37. The van der Waals surface area contributed by atoms with Crippen LogP contribution in [0.5, 0.6) is 5.75 Å².